The molecule has 6 nitrogen and oxygen atoms in total. The summed E-state index contributed by atoms with van der Waals surface area (Å²) in [6.07, 6.45) is 6.19. The molecule has 8 heteroatoms. The summed E-state index contributed by atoms with van der Waals surface area (Å²) in [5, 5.41) is 7.98. The van der Waals surface area contributed by atoms with E-state index in [1.165, 1.54) is 18.6 Å². The average Bonchev–Trinajstić information content (AvgIpc) is 3.19. The van der Waals surface area contributed by atoms with Crippen LogP contribution in [0.1, 0.15) is 25.0 Å². The molecule has 29 heavy (non-hydrogen) atoms. The maximum atomic E-state index is 13.1. The molecule has 0 unspecified atom stereocenters. The minimum Gasteiger partial charge on any atom is -0.381 e. The molecule has 1 aromatic heterocycles. The SMILES string of the molecule is CN=C(NCCc1ccn(-c2ccc(F)cc2)n1)N(C)CCC1CCOCC1.I. The maximum Gasteiger partial charge on any atom is 0.193 e. The van der Waals surface area contributed by atoms with E-state index in [2.05, 4.69) is 27.4 Å². The number of rotatable bonds is 7. The Bertz CT molecular complexity index is 759. The van der Waals surface area contributed by atoms with E-state index in [-0.39, 0.29) is 29.8 Å². The topological polar surface area (TPSA) is 54.7 Å². The molecule has 3 rings (SSSR count). The lowest BCUT2D eigenvalue weighted by atomic mass is 9.96. The Morgan fingerprint density at radius 3 is 2.69 bits per heavy atom. The van der Waals surface area contributed by atoms with Crippen LogP contribution in [0.5, 0.6) is 0 Å². The van der Waals surface area contributed by atoms with Gasteiger partial charge in [0.1, 0.15) is 5.82 Å². The van der Waals surface area contributed by atoms with Gasteiger partial charge < -0.3 is 15.0 Å². The van der Waals surface area contributed by atoms with Crippen LogP contribution in [-0.2, 0) is 11.2 Å². The number of guanidine groups is 1. The van der Waals surface area contributed by atoms with Crippen molar-refractivity contribution in [3.63, 3.8) is 0 Å². The zero-order valence-electron chi connectivity index (χ0n) is 17.2. The zero-order chi connectivity index (χ0) is 19.8. The van der Waals surface area contributed by atoms with Crippen molar-refractivity contribution in [2.24, 2.45) is 10.9 Å². The normalized spacial score (nSPS) is 15.1. The zero-order valence-corrected chi connectivity index (χ0v) is 19.5. The van der Waals surface area contributed by atoms with Crippen molar-refractivity contribution < 1.29 is 9.13 Å². The molecule has 0 amide bonds. The molecule has 1 aliphatic rings. The summed E-state index contributed by atoms with van der Waals surface area (Å²) in [4.78, 5) is 6.58. The first-order valence-electron chi connectivity index (χ1n) is 9.95. The second kappa shape index (κ2) is 12.1. The van der Waals surface area contributed by atoms with Gasteiger partial charge in [0.25, 0.3) is 0 Å². The molecule has 0 atom stereocenters. The van der Waals surface area contributed by atoms with Crippen LogP contribution in [0.2, 0.25) is 0 Å². The Kier molecular flexibility index (Phi) is 9.86. The van der Waals surface area contributed by atoms with E-state index < -0.39 is 0 Å². The van der Waals surface area contributed by atoms with Gasteiger partial charge in [0, 0.05) is 53.0 Å². The van der Waals surface area contributed by atoms with Gasteiger partial charge in [-0.2, -0.15) is 5.10 Å². The number of halogens is 2. The average molecular weight is 515 g/mol. The van der Waals surface area contributed by atoms with Crippen LogP contribution in [0.4, 0.5) is 4.39 Å². The van der Waals surface area contributed by atoms with Crippen LogP contribution in [0.3, 0.4) is 0 Å². The monoisotopic (exact) mass is 515 g/mol. The van der Waals surface area contributed by atoms with E-state index in [1.54, 1.807) is 16.8 Å². The minimum atomic E-state index is -0.243. The van der Waals surface area contributed by atoms with Gasteiger partial charge in [-0.1, -0.05) is 0 Å². The van der Waals surface area contributed by atoms with Gasteiger partial charge in [0.05, 0.1) is 11.4 Å². The van der Waals surface area contributed by atoms with Gasteiger partial charge >= 0.3 is 0 Å². The lowest BCUT2D eigenvalue weighted by molar-refractivity contribution is 0.0625. The van der Waals surface area contributed by atoms with E-state index in [0.717, 1.165) is 68.8 Å². The summed E-state index contributed by atoms with van der Waals surface area (Å²) < 4.78 is 20.2. The molecule has 1 fully saturated rings. The molecule has 0 aliphatic carbocycles. The highest BCUT2D eigenvalue weighted by Crippen LogP contribution is 2.18. The summed E-state index contributed by atoms with van der Waals surface area (Å²) >= 11 is 0. The molecular weight excluding hydrogens is 484 g/mol. The fraction of sp³-hybridized carbons (Fsp3) is 0.524. The van der Waals surface area contributed by atoms with Gasteiger partial charge in [-0.3, -0.25) is 4.99 Å². The third-order valence-electron chi connectivity index (χ3n) is 5.19. The molecule has 0 radical (unpaired) electrons. The van der Waals surface area contributed by atoms with Crippen molar-refractivity contribution in [1.82, 2.24) is 20.0 Å². The first-order chi connectivity index (χ1) is 13.7. The predicted molar refractivity (Wildman–Crippen MR) is 125 cm³/mol. The fourth-order valence-electron chi connectivity index (χ4n) is 3.44. The number of hydrogen-bond acceptors (Lipinski definition) is 3. The standard InChI is InChI=1S/C21H30FN5O.HI/c1-23-21(26(2)13-8-17-10-15-28-16-11-17)24-12-7-19-9-14-27(25-19)20-5-3-18(22)4-6-20;/h3-6,9,14,17H,7-8,10-13,15-16H2,1-2H3,(H,23,24);1H. The number of aromatic nitrogens is 2. The highest BCUT2D eigenvalue weighted by Gasteiger charge is 2.15. The first kappa shape index (κ1) is 23.6. The van der Waals surface area contributed by atoms with E-state index in [4.69, 9.17) is 4.74 Å². The Hall–Kier alpha value is -1.68. The molecule has 1 N–H and O–H groups in total. The van der Waals surface area contributed by atoms with Crippen LogP contribution in [0.25, 0.3) is 5.69 Å². The number of ether oxygens (including phenoxy) is 1. The van der Waals surface area contributed by atoms with Gasteiger partial charge in [-0.25, -0.2) is 9.07 Å². The van der Waals surface area contributed by atoms with Crippen molar-refractivity contribution in [3.05, 3.63) is 48.0 Å². The third-order valence-corrected chi connectivity index (χ3v) is 5.19. The van der Waals surface area contributed by atoms with Crippen LogP contribution in [-0.4, -0.2) is 61.0 Å². The highest BCUT2D eigenvalue weighted by molar-refractivity contribution is 14.0. The van der Waals surface area contributed by atoms with Crippen molar-refractivity contribution in [3.8, 4) is 5.69 Å². The lowest BCUT2D eigenvalue weighted by Crippen LogP contribution is -2.40. The molecule has 2 heterocycles. The van der Waals surface area contributed by atoms with Crippen LogP contribution in [0, 0.1) is 11.7 Å². The van der Waals surface area contributed by atoms with Gasteiger partial charge in [-0.05, 0) is 55.5 Å². The van der Waals surface area contributed by atoms with Crippen molar-refractivity contribution in [2.75, 3.05) is 40.4 Å². The Morgan fingerprint density at radius 2 is 2.00 bits per heavy atom. The number of aliphatic imine (C=N–C) groups is 1. The van der Waals surface area contributed by atoms with Gasteiger partial charge in [-0.15, -0.1) is 24.0 Å². The van der Waals surface area contributed by atoms with E-state index in [0.29, 0.717) is 0 Å². The molecule has 0 spiro atoms. The first-order valence-corrected chi connectivity index (χ1v) is 9.95. The molecule has 1 saturated heterocycles. The van der Waals surface area contributed by atoms with Crippen molar-refractivity contribution >= 4 is 29.9 Å². The maximum absolute atomic E-state index is 13.1. The Balaban J connectivity index is 0.00000300. The quantitative estimate of drug-likeness (QED) is 0.349. The summed E-state index contributed by atoms with van der Waals surface area (Å²) in [5.41, 5.74) is 1.83. The Morgan fingerprint density at radius 1 is 1.28 bits per heavy atom. The van der Waals surface area contributed by atoms with E-state index >= 15 is 0 Å². The second-order valence-electron chi connectivity index (χ2n) is 7.22. The summed E-state index contributed by atoms with van der Waals surface area (Å²) in [7, 11) is 3.90. The van der Waals surface area contributed by atoms with Gasteiger partial charge in [0.2, 0.25) is 0 Å². The van der Waals surface area contributed by atoms with Crippen molar-refractivity contribution in [2.45, 2.75) is 25.7 Å². The minimum absolute atomic E-state index is 0. The molecule has 1 aliphatic heterocycles. The third kappa shape index (κ3) is 7.26. The summed E-state index contributed by atoms with van der Waals surface area (Å²) in [6, 6.07) is 8.32. The number of hydrogen-bond donors (Lipinski definition) is 1. The van der Waals surface area contributed by atoms with E-state index in [1.807, 2.05) is 19.3 Å². The molecule has 160 valence electrons. The Labute approximate surface area is 189 Å². The smallest absolute Gasteiger partial charge is 0.193 e. The molecule has 0 saturated carbocycles. The van der Waals surface area contributed by atoms with Crippen LogP contribution >= 0.6 is 24.0 Å². The molecule has 0 bridgehead atoms. The predicted octanol–water partition coefficient (Wildman–Crippen LogP) is 3.50. The summed E-state index contributed by atoms with van der Waals surface area (Å²) in [6.45, 7) is 3.54. The van der Waals surface area contributed by atoms with Crippen molar-refractivity contribution in [1.29, 1.82) is 0 Å². The van der Waals surface area contributed by atoms with Gasteiger partial charge in [0.15, 0.2) is 5.96 Å². The fourth-order valence-corrected chi connectivity index (χ4v) is 3.44. The highest BCUT2D eigenvalue weighted by atomic mass is 127. The second-order valence-corrected chi connectivity index (χ2v) is 7.22. The number of benzene rings is 1. The van der Waals surface area contributed by atoms with Crippen LogP contribution < -0.4 is 5.32 Å². The molecular formula is C21H31FIN5O. The number of nitrogens with one attached hydrogen (secondary N) is 1. The molecule has 2 aromatic rings. The largest absolute Gasteiger partial charge is 0.381 e. The lowest BCUT2D eigenvalue weighted by Gasteiger charge is -2.26. The summed E-state index contributed by atoms with van der Waals surface area (Å²) in [5.74, 6) is 1.42. The number of nitrogens with zero attached hydrogens (tertiary/aromatic N) is 4. The van der Waals surface area contributed by atoms with Crippen LogP contribution in [0.15, 0.2) is 41.5 Å². The van der Waals surface area contributed by atoms with E-state index in [9.17, 15) is 4.39 Å². The molecule has 1 aromatic carbocycles.